The molecule has 0 aliphatic heterocycles. The molecule has 134 valence electrons. The quantitative estimate of drug-likeness (QED) is 0.267. The zero-order valence-corrected chi connectivity index (χ0v) is 16.4. The summed E-state index contributed by atoms with van der Waals surface area (Å²) in [6.07, 6.45) is 12.1. The molecule has 0 rings (SSSR count). The lowest BCUT2D eigenvalue weighted by Gasteiger charge is -2.16. The van der Waals surface area contributed by atoms with Gasteiger partial charge in [0, 0.05) is 6.08 Å². The number of carbonyl (C=O) groups is 1. The van der Waals surface area contributed by atoms with Crippen molar-refractivity contribution in [3.63, 3.8) is 0 Å². The third-order valence-electron chi connectivity index (χ3n) is 4.00. The van der Waals surface area contributed by atoms with E-state index in [0.29, 0.717) is 12.5 Å². The summed E-state index contributed by atoms with van der Waals surface area (Å²) in [5.41, 5.74) is 0.966. The molecule has 0 aromatic rings. The van der Waals surface area contributed by atoms with Gasteiger partial charge in [0.05, 0.1) is 6.61 Å². The zero-order chi connectivity index (χ0) is 17.9. The average Bonchev–Trinajstić information content (AvgIpc) is 2.44. The molecule has 23 heavy (non-hydrogen) atoms. The first-order valence-corrected chi connectivity index (χ1v) is 9.15. The molecule has 0 aromatic carbocycles. The third-order valence-corrected chi connectivity index (χ3v) is 4.00. The molecule has 2 unspecified atom stereocenters. The minimum absolute atomic E-state index is 0.0119. The van der Waals surface area contributed by atoms with Gasteiger partial charge in [0.15, 0.2) is 0 Å². The van der Waals surface area contributed by atoms with Crippen molar-refractivity contribution in [2.45, 2.75) is 80.6 Å². The van der Waals surface area contributed by atoms with Crippen molar-refractivity contribution < 1.29 is 9.53 Å². The van der Waals surface area contributed by atoms with Crippen LogP contribution in [0.2, 0.25) is 0 Å². The monoisotopic (exact) mass is 322 g/mol. The maximum atomic E-state index is 11.7. The Kier molecular flexibility index (Phi) is 11.0. The van der Waals surface area contributed by atoms with Crippen molar-refractivity contribution in [2.75, 3.05) is 6.61 Å². The normalized spacial score (nSPS) is 15.7. The lowest BCUT2D eigenvalue weighted by Crippen LogP contribution is -2.17. The number of rotatable bonds is 10. The maximum Gasteiger partial charge on any atom is 0.331 e. The average molecular weight is 323 g/mol. The first kappa shape index (κ1) is 21.9. The molecule has 0 aromatic heterocycles. The summed E-state index contributed by atoms with van der Waals surface area (Å²) in [6, 6.07) is 0. The smallest absolute Gasteiger partial charge is 0.331 e. The van der Waals surface area contributed by atoms with E-state index in [1.807, 2.05) is 13.0 Å². The summed E-state index contributed by atoms with van der Waals surface area (Å²) >= 11 is 0. The molecule has 2 nitrogen and oxygen atoms in total. The van der Waals surface area contributed by atoms with Gasteiger partial charge in [-0.25, -0.2) is 4.79 Å². The molecule has 0 amide bonds. The summed E-state index contributed by atoms with van der Waals surface area (Å²) in [5, 5.41) is 0. The van der Waals surface area contributed by atoms with E-state index in [0.717, 1.165) is 17.9 Å². The van der Waals surface area contributed by atoms with Crippen LogP contribution in [0.3, 0.4) is 0 Å². The predicted octanol–water partition coefficient (Wildman–Crippen LogP) is 6.32. The highest BCUT2D eigenvalue weighted by Crippen LogP contribution is 2.18. The molecule has 0 saturated carbocycles. The summed E-state index contributed by atoms with van der Waals surface area (Å²) < 4.78 is 5.24. The van der Waals surface area contributed by atoms with Crippen molar-refractivity contribution in [2.24, 2.45) is 17.3 Å². The summed E-state index contributed by atoms with van der Waals surface area (Å²) in [4.78, 5) is 11.7. The second kappa shape index (κ2) is 11.5. The van der Waals surface area contributed by atoms with Gasteiger partial charge in [-0.2, -0.15) is 0 Å². The highest BCUT2D eigenvalue weighted by Gasteiger charge is 2.12. The molecule has 0 bridgehead atoms. The Bertz CT molecular complexity index is 385. The van der Waals surface area contributed by atoms with E-state index in [2.05, 4.69) is 47.6 Å². The largest absolute Gasteiger partial charge is 0.462 e. The van der Waals surface area contributed by atoms with Crippen LogP contribution in [0.15, 0.2) is 23.8 Å². The van der Waals surface area contributed by atoms with Gasteiger partial charge in [-0.15, -0.1) is 0 Å². The van der Waals surface area contributed by atoms with Crippen LogP contribution in [0.4, 0.5) is 0 Å². The maximum absolute atomic E-state index is 11.7. The van der Waals surface area contributed by atoms with Gasteiger partial charge < -0.3 is 4.74 Å². The standard InChI is InChI=1S/C21H38O2/c1-8-17(2)11-9-12-18(3)13-10-14-19(4)15-20(22)23-16-21(5,6)7/h10,14-15,17-18H,8-9,11-13,16H2,1-7H3/b14-10+,19-15+. The van der Waals surface area contributed by atoms with E-state index < -0.39 is 0 Å². The first-order chi connectivity index (χ1) is 10.6. The van der Waals surface area contributed by atoms with Gasteiger partial charge in [-0.3, -0.25) is 0 Å². The van der Waals surface area contributed by atoms with Crippen LogP contribution in [-0.4, -0.2) is 12.6 Å². The van der Waals surface area contributed by atoms with Crippen molar-refractivity contribution in [1.29, 1.82) is 0 Å². The van der Waals surface area contributed by atoms with Crippen LogP contribution < -0.4 is 0 Å². The molecule has 0 spiro atoms. The molecule has 2 atom stereocenters. The molecule has 2 heteroatoms. The van der Waals surface area contributed by atoms with Gasteiger partial charge in [0.2, 0.25) is 0 Å². The fourth-order valence-electron chi connectivity index (χ4n) is 2.19. The number of esters is 1. The molecule has 0 heterocycles. The van der Waals surface area contributed by atoms with Crippen molar-refractivity contribution in [1.82, 2.24) is 0 Å². The molecule has 0 fully saturated rings. The first-order valence-electron chi connectivity index (χ1n) is 9.15. The van der Waals surface area contributed by atoms with E-state index in [1.54, 1.807) is 6.08 Å². The van der Waals surface area contributed by atoms with Crippen molar-refractivity contribution in [3.8, 4) is 0 Å². The third kappa shape index (κ3) is 14.3. The summed E-state index contributed by atoms with van der Waals surface area (Å²) in [5.74, 6) is 1.31. The van der Waals surface area contributed by atoms with E-state index in [9.17, 15) is 4.79 Å². The second-order valence-electron chi connectivity index (χ2n) is 8.24. The number of hydrogen-bond acceptors (Lipinski definition) is 2. The van der Waals surface area contributed by atoms with E-state index in [4.69, 9.17) is 4.74 Å². The van der Waals surface area contributed by atoms with Crippen LogP contribution in [0.1, 0.15) is 80.6 Å². The molecule has 0 aliphatic carbocycles. The molecule has 0 saturated heterocycles. The van der Waals surface area contributed by atoms with Crippen LogP contribution in [-0.2, 0) is 9.53 Å². The highest BCUT2D eigenvalue weighted by atomic mass is 16.5. The predicted molar refractivity (Wildman–Crippen MR) is 100 cm³/mol. The molecule has 0 radical (unpaired) electrons. The van der Waals surface area contributed by atoms with Gasteiger partial charge in [0.25, 0.3) is 0 Å². The van der Waals surface area contributed by atoms with E-state index >= 15 is 0 Å². The summed E-state index contributed by atoms with van der Waals surface area (Å²) in [7, 11) is 0. The number of ether oxygens (including phenoxy) is 1. The molecule has 0 aliphatic rings. The van der Waals surface area contributed by atoms with Crippen LogP contribution in [0.5, 0.6) is 0 Å². The Morgan fingerprint density at radius 2 is 1.74 bits per heavy atom. The molecular formula is C21H38O2. The second-order valence-corrected chi connectivity index (χ2v) is 8.24. The zero-order valence-electron chi connectivity index (χ0n) is 16.4. The molecular weight excluding hydrogens is 284 g/mol. The topological polar surface area (TPSA) is 26.3 Å². The highest BCUT2D eigenvalue weighted by molar-refractivity contribution is 5.83. The Morgan fingerprint density at radius 1 is 1.13 bits per heavy atom. The van der Waals surface area contributed by atoms with Gasteiger partial charge >= 0.3 is 5.97 Å². The number of allylic oxidation sites excluding steroid dienone is 3. The number of hydrogen-bond donors (Lipinski definition) is 0. The lowest BCUT2D eigenvalue weighted by atomic mass is 9.95. The SMILES string of the molecule is CCC(C)CCCC(C)C/C=C/C(C)=C/C(=O)OCC(C)(C)C. The van der Waals surface area contributed by atoms with Gasteiger partial charge in [0.1, 0.15) is 0 Å². The minimum Gasteiger partial charge on any atom is -0.462 e. The van der Waals surface area contributed by atoms with Crippen molar-refractivity contribution >= 4 is 5.97 Å². The number of carbonyl (C=O) groups excluding carboxylic acids is 1. The van der Waals surface area contributed by atoms with Gasteiger partial charge in [-0.1, -0.05) is 79.4 Å². The Morgan fingerprint density at radius 3 is 2.30 bits per heavy atom. The van der Waals surface area contributed by atoms with Crippen molar-refractivity contribution in [3.05, 3.63) is 23.8 Å². The minimum atomic E-state index is -0.247. The Labute approximate surface area is 144 Å². The summed E-state index contributed by atoms with van der Waals surface area (Å²) in [6.45, 7) is 15.5. The van der Waals surface area contributed by atoms with Crippen LogP contribution >= 0.6 is 0 Å². The Balaban J connectivity index is 4.04. The van der Waals surface area contributed by atoms with Gasteiger partial charge in [-0.05, 0) is 36.2 Å². The molecule has 0 N–H and O–H groups in total. The Hall–Kier alpha value is -1.05. The fraction of sp³-hybridized carbons (Fsp3) is 0.762. The van der Waals surface area contributed by atoms with Crippen LogP contribution in [0.25, 0.3) is 0 Å². The van der Waals surface area contributed by atoms with E-state index in [1.165, 1.54) is 25.7 Å². The fourth-order valence-corrected chi connectivity index (χ4v) is 2.19. The van der Waals surface area contributed by atoms with Crippen LogP contribution in [0, 0.1) is 17.3 Å². The van der Waals surface area contributed by atoms with E-state index in [-0.39, 0.29) is 11.4 Å². The lowest BCUT2D eigenvalue weighted by molar-refractivity contribution is -0.140.